The lowest BCUT2D eigenvalue weighted by atomic mass is 9.93. The van der Waals surface area contributed by atoms with E-state index in [1.165, 1.54) is 11.3 Å². The maximum Gasteiger partial charge on any atom is 0.315 e. The first kappa shape index (κ1) is 10.4. The predicted octanol–water partition coefficient (Wildman–Crippen LogP) is 1.80. The number of nitrogens with zero attached hydrogens (tertiary/aromatic N) is 1. The number of nitrogens with one attached hydrogen (secondary N) is 2. The first-order chi connectivity index (χ1) is 7.24. The normalized spacial score (nSPS) is 15.8. The number of hydrogen-bond acceptors (Lipinski definition) is 3. The fourth-order valence-electron chi connectivity index (χ4n) is 1.43. The van der Waals surface area contributed by atoms with Crippen molar-refractivity contribution in [1.29, 1.82) is 0 Å². The molecule has 2 rings (SSSR count). The van der Waals surface area contributed by atoms with Gasteiger partial charge in [0.25, 0.3) is 0 Å². The Labute approximate surface area is 93.1 Å². The summed E-state index contributed by atoms with van der Waals surface area (Å²) in [4.78, 5) is 16.7. The molecule has 5 heteroatoms. The summed E-state index contributed by atoms with van der Waals surface area (Å²) >= 11 is 1.61. The molecule has 1 fully saturated rings. The minimum absolute atomic E-state index is 0.0763. The number of carbonyl (C=O) groups is 1. The van der Waals surface area contributed by atoms with E-state index in [1.54, 1.807) is 11.3 Å². The highest BCUT2D eigenvalue weighted by atomic mass is 32.1. The molecule has 0 bridgehead atoms. The average molecular weight is 225 g/mol. The molecule has 4 nitrogen and oxygen atoms in total. The molecule has 82 valence electrons. The van der Waals surface area contributed by atoms with E-state index in [9.17, 15) is 4.79 Å². The molecule has 1 aliphatic rings. The highest BCUT2D eigenvalue weighted by molar-refractivity contribution is 7.11. The van der Waals surface area contributed by atoms with Crippen LogP contribution in [0.1, 0.15) is 29.1 Å². The lowest BCUT2D eigenvalue weighted by molar-refractivity contribution is 0.228. The van der Waals surface area contributed by atoms with Crippen molar-refractivity contribution in [2.75, 3.05) is 0 Å². The summed E-state index contributed by atoms with van der Waals surface area (Å²) in [6.45, 7) is 2.53. The van der Waals surface area contributed by atoms with Crippen LogP contribution in [0.15, 0.2) is 6.20 Å². The van der Waals surface area contributed by atoms with Crippen molar-refractivity contribution in [3.63, 3.8) is 0 Å². The van der Waals surface area contributed by atoms with Gasteiger partial charge in [0.15, 0.2) is 0 Å². The highest BCUT2D eigenvalue weighted by Crippen LogP contribution is 2.17. The van der Waals surface area contributed by atoms with E-state index in [-0.39, 0.29) is 6.03 Å². The highest BCUT2D eigenvalue weighted by Gasteiger charge is 2.18. The zero-order valence-electron chi connectivity index (χ0n) is 8.75. The third-order valence-corrected chi connectivity index (χ3v) is 3.42. The van der Waals surface area contributed by atoms with Crippen LogP contribution in [0.25, 0.3) is 0 Å². The number of hydrogen-bond donors (Lipinski definition) is 2. The Kier molecular flexibility index (Phi) is 3.20. The van der Waals surface area contributed by atoms with Crippen LogP contribution in [0.5, 0.6) is 0 Å². The van der Waals surface area contributed by atoms with Crippen LogP contribution in [0.2, 0.25) is 0 Å². The molecule has 1 aliphatic carbocycles. The third-order valence-electron chi connectivity index (χ3n) is 2.51. The smallest absolute Gasteiger partial charge is 0.315 e. The summed E-state index contributed by atoms with van der Waals surface area (Å²) in [6, 6.07) is 0.315. The van der Waals surface area contributed by atoms with Crippen LogP contribution in [-0.2, 0) is 6.54 Å². The summed E-state index contributed by atoms with van der Waals surface area (Å²) < 4.78 is 0. The summed E-state index contributed by atoms with van der Waals surface area (Å²) in [5.41, 5.74) is 0. The van der Waals surface area contributed by atoms with E-state index >= 15 is 0 Å². The molecule has 1 heterocycles. The number of aromatic nitrogens is 1. The standard InChI is InChI=1S/C10H15N3OS/c1-7-5-11-9(15-7)6-12-10(14)13-8-3-2-4-8/h5,8H,2-4,6H2,1H3,(H2,12,13,14). The van der Waals surface area contributed by atoms with Crippen molar-refractivity contribution >= 4 is 17.4 Å². The van der Waals surface area contributed by atoms with Crippen LogP contribution in [-0.4, -0.2) is 17.1 Å². The van der Waals surface area contributed by atoms with Crippen LogP contribution in [0.3, 0.4) is 0 Å². The molecule has 0 aliphatic heterocycles. The fraction of sp³-hybridized carbons (Fsp3) is 0.600. The molecule has 0 atom stereocenters. The molecule has 2 N–H and O–H groups in total. The number of urea groups is 1. The summed E-state index contributed by atoms with van der Waals surface area (Å²) in [7, 11) is 0. The predicted molar refractivity (Wildman–Crippen MR) is 59.9 cm³/mol. The molecular formula is C10H15N3OS. The Bertz CT molecular complexity index is 346. The lowest BCUT2D eigenvalue weighted by Gasteiger charge is -2.26. The molecule has 0 unspecified atom stereocenters. The van der Waals surface area contributed by atoms with Gasteiger partial charge in [0.05, 0.1) is 6.54 Å². The van der Waals surface area contributed by atoms with Crippen molar-refractivity contribution in [2.45, 2.75) is 38.8 Å². The van der Waals surface area contributed by atoms with Gasteiger partial charge in [-0.05, 0) is 26.2 Å². The van der Waals surface area contributed by atoms with Gasteiger partial charge in [-0.3, -0.25) is 0 Å². The molecule has 2 amide bonds. The van der Waals surface area contributed by atoms with Crippen molar-refractivity contribution in [3.8, 4) is 0 Å². The maximum absolute atomic E-state index is 11.4. The Morgan fingerprint density at radius 2 is 2.47 bits per heavy atom. The van der Waals surface area contributed by atoms with Crippen molar-refractivity contribution in [3.05, 3.63) is 16.1 Å². The number of carbonyl (C=O) groups excluding carboxylic acids is 1. The minimum Gasteiger partial charge on any atom is -0.335 e. The van der Waals surface area contributed by atoms with E-state index in [0.29, 0.717) is 12.6 Å². The number of thiazole rings is 1. The van der Waals surface area contributed by atoms with Crippen LogP contribution < -0.4 is 10.6 Å². The number of rotatable bonds is 3. The molecule has 0 aromatic carbocycles. The second kappa shape index (κ2) is 4.61. The second-order valence-electron chi connectivity index (χ2n) is 3.82. The van der Waals surface area contributed by atoms with E-state index in [4.69, 9.17) is 0 Å². The number of aryl methyl sites for hydroxylation is 1. The van der Waals surface area contributed by atoms with E-state index in [0.717, 1.165) is 17.8 Å². The first-order valence-electron chi connectivity index (χ1n) is 5.20. The summed E-state index contributed by atoms with van der Waals surface area (Å²) in [5, 5.41) is 6.68. The second-order valence-corrected chi connectivity index (χ2v) is 5.14. The molecule has 1 aromatic rings. The summed E-state index contributed by atoms with van der Waals surface area (Å²) in [6.07, 6.45) is 5.29. The van der Waals surface area contributed by atoms with E-state index in [2.05, 4.69) is 15.6 Å². The van der Waals surface area contributed by atoms with E-state index in [1.807, 2.05) is 13.1 Å². The fourth-order valence-corrected chi connectivity index (χ4v) is 2.15. The van der Waals surface area contributed by atoms with Gasteiger partial charge in [0, 0.05) is 17.1 Å². The van der Waals surface area contributed by atoms with E-state index < -0.39 is 0 Å². The molecule has 1 saturated carbocycles. The third kappa shape index (κ3) is 2.92. The average Bonchev–Trinajstić information content (AvgIpc) is 2.55. The molecule has 1 aromatic heterocycles. The Morgan fingerprint density at radius 1 is 1.67 bits per heavy atom. The van der Waals surface area contributed by atoms with Crippen molar-refractivity contribution < 1.29 is 4.79 Å². The SMILES string of the molecule is Cc1cnc(CNC(=O)NC2CCC2)s1. The Hall–Kier alpha value is -1.10. The van der Waals surface area contributed by atoms with Crippen LogP contribution in [0, 0.1) is 6.92 Å². The van der Waals surface area contributed by atoms with Crippen molar-refractivity contribution in [2.24, 2.45) is 0 Å². The zero-order valence-corrected chi connectivity index (χ0v) is 9.56. The molecule has 15 heavy (non-hydrogen) atoms. The largest absolute Gasteiger partial charge is 0.335 e. The van der Waals surface area contributed by atoms with Gasteiger partial charge >= 0.3 is 6.03 Å². The quantitative estimate of drug-likeness (QED) is 0.824. The van der Waals surface area contributed by atoms with Gasteiger partial charge in [-0.2, -0.15) is 0 Å². The van der Waals surface area contributed by atoms with Gasteiger partial charge < -0.3 is 10.6 Å². The molecule has 0 spiro atoms. The summed E-state index contributed by atoms with van der Waals surface area (Å²) in [5.74, 6) is 0. The molecular weight excluding hydrogens is 210 g/mol. The van der Waals surface area contributed by atoms with Crippen LogP contribution >= 0.6 is 11.3 Å². The van der Waals surface area contributed by atoms with Gasteiger partial charge in [-0.15, -0.1) is 11.3 Å². The Balaban J connectivity index is 1.70. The zero-order chi connectivity index (χ0) is 10.7. The van der Waals surface area contributed by atoms with Gasteiger partial charge in [0.1, 0.15) is 5.01 Å². The van der Waals surface area contributed by atoms with Gasteiger partial charge in [0.2, 0.25) is 0 Å². The molecule has 0 saturated heterocycles. The molecule has 0 radical (unpaired) electrons. The first-order valence-corrected chi connectivity index (χ1v) is 6.01. The van der Waals surface area contributed by atoms with Gasteiger partial charge in [-0.1, -0.05) is 0 Å². The van der Waals surface area contributed by atoms with Crippen molar-refractivity contribution in [1.82, 2.24) is 15.6 Å². The Morgan fingerprint density at radius 3 is 3.00 bits per heavy atom. The lowest BCUT2D eigenvalue weighted by Crippen LogP contribution is -2.44. The maximum atomic E-state index is 11.4. The van der Waals surface area contributed by atoms with Crippen LogP contribution in [0.4, 0.5) is 4.79 Å². The number of amides is 2. The minimum atomic E-state index is -0.0763. The van der Waals surface area contributed by atoms with Gasteiger partial charge in [-0.25, -0.2) is 9.78 Å². The monoisotopic (exact) mass is 225 g/mol. The topological polar surface area (TPSA) is 54.0 Å².